The van der Waals surface area contributed by atoms with Crippen molar-refractivity contribution in [1.29, 1.82) is 0 Å². The summed E-state index contributed by atoms with van der Waals surface area (Å²) in [5.74, 6) is 0.103. The molecule has 0 atom stereocenters. The number of amides is 2. The Labute approximate surface area is 161 Å². The minimum absolute atomic E-state index is 0.0430. The van der Waals surface area contributed by atoms with Crippen LogP contribution in [0.25, 0.3) is 0 Å². The zero-order valence-corrected chi connectivity index (χ0v) is 16.8. The fourth-order valence-electron chi connectivity index (χ4n) is 3.16. The van der Waals surface area contributed by atoms with Crippen molar-refractivity contribution < 1.29 is 18.0 Å². The maximum absolute atomic E-state index is 12.0. The average molecular weight is 396 g/mol. The lowest BCUT2D eigenvalue weighted by Crippen LogP contribution is -2.37. The number of hydrogen-bond acceptors (Lipinski definition) is 4. The Kier molecular flexibility index (Phi) is 7.79. The normalized spacial score (nSPS) is 15.5. The van der Waals surface area contributed by atoms with Gasteiger partial charge in [-0.05, 0) is 36.5 Å². The fraction of sp³-hybridized carbons (Fsp3) is 0.579. The van der Waals surface area contributed by atoms with Gasteiger partial charge in [-0.3, -0.25) is 9.59 Å². The second kappa shape index (κ2) is 9.85. The Bertz CT molecular complexity index is 739. The Morgan fingerprint density at radius 3 is 2.22 bits per heavy atom. The monoisotopic (exact) mass is 395 g/mol. The summed E-state index contributed by atoms with van der Waals surface area (Å²) in [6.45, 7) is 0.234. The van der Waals surface area contributed by atoms with E-state index in [2.05, 4.69) is 10.6 Å². The van der Waals surface area contributed by atoms with Crippen LogP contribution in [-0.2, 0) is 26.2 Å². The van der Waals surface area contributed by atoms with E-state index in [1.807, 2.05) is 0 Å². The molecule has 27 heavy (non-hydrogen) atoms. The van der Waals surface area contributed by atoms with E-state index in [1.165, 1.54) is 45.5 Å². The molecule has 0 heterocycles. The van der Waals surface area contributed by atoms with Crippen LogP contribution in [-0.4, -0.2) is 45.2 Å². The molecule has 2 amide bonds. The van der Waals surface area contributed by atoms with E-state index >= 15 is 0 Å². The van der Waals surface area contributed by atoms with E-state index in [9.17, 15) is 18.0 Å². The highest BCUT2D eigenvalue weighted by Gasteiger charge is 2.18. The van der Waals surface area contributed by atoms with Crippen molar-refractivity contribution in [3.05, 3.63) is 29.8 Å². The van der Waals surface area contributed by atoms with Crippen molar-refractivity contribution >= 4 is 21.8 Å². The molecule has 2 N–H and O–H groups in total. The van der Waals surface area contributed by atoms with Crippen molar-refractivity contribution in [1.82, 2.24) is 14.9 Å². The van der Waals surface area contributed by atoms with E-state index in [0.29, 0.717) is 12.3 Å². The molecule has 1 aliphatic carbocycles. The maximum atomic E-state index is 12.0. The zero-order valence-electron chi connectivity index (χ0n) is 16.0. The van der Waals surface area contributed by atoms with Gasteiger partial charge in [0.1, 0.15) is 0 Å². The van der Waals surface area contributed by atoms with Crippen LogP contribution in [0.5, 0.6) is 0 Å². The molecule has 0 spiro atoms. The molecule has 0 unspecified atom stereocenters. The molecule has 150 valence electrons. The third kappa shape index (κ3) is 6.62. The van der Waals surface area contributed by atoms with Gasteiger partial charge in [0.25, 0.3) is 0 Å². The van der Waals surface area contributed by atoms with Crippen molar-refractivity contribution in [2.24, 2.45) is 5.92 Å². The van der Waals surface area contributed by atoms with Gasteiger partial charge in [-0.25, -0.2) is 12.7 Å². The van der Waals surface area contributed by atoms with Crippen molar-refractivity contribution in [2.75, 3.05) is 20.6 Å². The van der Waals surface area contributed by atoms with Crippen LogP contribution >= 0.6 is 0 Å². The van der Waals surface area contributed by atoms with Gasteiger partial charge >= 0.3 is 0 Å². The number of nitrogens with one attached hydrogen (secondary N) is 2. The van der Waals surface area contributed by atoms with Gasteiger partial charge in [-0.2, -0.15) is 0 Å². The summed E-state index contributed by atoms with van der Waals surface area (Å²) in [5.41, 5.74) is 0.787. The Morgan fingerprint density at radius 1 is 1.00 bits per heavy atom. The highest BCUT2D eigenvalue weighted by atomic mass is 32.2. The standard InChI is InChI=1S/C19H29N3O4S/c1-22(2)27(25,26)17-10-8-16(9-11-17)13-20-19(24)14-21-18(23)12-15-6-4-3-5-7-15/h8-11,15H,3-7,12-14H2,1-2H3,(H,20,24)(H,21,23). The highest BCUT2D eigenvalue weighted by Crippen LogP contribution is 2.25. The Morgan fingerprint density at radius 2 is 1.63 bits per heavy atom. The summed E-state index contributed by atoms with van der Waals surface area (Å²) in [4.78, 5) is 24.0. The summed E-state index contributed by atoms with van der Waals surface area (Å²) < 4.78 is 25.2. The summed E-state index contributed by atoms with van der Waals surface area (Å²) in [6, 6.07) is 6.36. The third-order valence-electron chi connectivity index (χ3n) is 4.84. The molecule has 2 rings (SSSR count). The summed E-state index contributed by atoms with van der Waals surface area (Å²) in [7, 11) is -0.501. The van der Waals surface area contributed by atoms with E-state index in [1.54, 1.807) is 12.1 Å². The Hall–Kier alpha value is -1.93. The first-order chi connectivity index (χ1) is 12.8. The van der Waals surface area contributed by atoms with E-state index in [-0.39, 0.29) is 29.8 Å². The molecule has 8 heteroatoms. The van der Waals surface area contributed by atoms with Gasteiger partial charge < -0.3 is 10.6 Å². The molecule has 1 saturated carbocycles. The van der Waals surface area contributed by atoms with Gasteiger partial charge in [0.15, 0.2) is 0 Å². The minimum atomic E-state index is -3.46. The second-order valence-electron chi connectivity index (χ2n) is 7.19. The van der Waals surface area contributed by atoms with Crippen molar-refractivity contribution in [2.45, 2.75) is 50.0 Å². The van der Waals surface area contributed by atoms with Crippen LogP contribution in [0, 0.1) is 5.92 Å². The molecule has 1 aliphatic rings. The van der Waals surface area contributed by atoms with Crippen molar-refractivity contribution in [3.63, 3.8) is 0 Å². The van der Waals surface area contributed by atoms with Crippen LogP contribution in [0.1, 0.15) is 44.1 Å². The van der Waals surface area contributed by atoms with Gasteiger partial charge in [0.05, 0.1) is 11.4 Å². The number of rotatable bonds is 8. The summed E-state index contributed by atoms with van der Waals surface area (Å²) >= 11 is 0. The molecule has 0 bridgehead atoms. The molecule has 7 nitrogen and oxygen atoms in total. The molecular formula is C19H29N3O4S. The van der Waals surface area contributed by atoms with Gasteiger partial charge in [-0.15, -0.1) is 0 Å². The number of carbonyl (C=O) groups excluding carboxylic acids is 2. The lowest BCUT2D eigenvalue weighted by Gasteiger charge is -2.20. The first-order valence-electron chi connectivity index (χ1n) is 9.34. The first kappa shape index (κ1) is 21.4. The third-order valence-corrected chi connectivity index (χ3v) is 6.67. The van der Waals surface area contributed by atoms with Crippen LogP contribution < -0.4 is 10.6 Å². The largest absolute Gasteiger partial charge is 0.350 e. The molecule has 0 saturated heterocycles. The average Bonchev–Trinajstić information content (AvgIpc) is 2.65. The van der Waals surface area contributed by atoms with E-state index in [0.717, 1.165) is 22.7 Å². The molecule has 1 aromatic rings. The smallest absolute Gasteiger partial charge is 0.242 e. The second-order valence-corrected chi connectivity index (χ2v) is 9.34. The number of benzene rings is 1. The predicted molar refractivity (Wildman–Crippen MR) is 103 cm³/mol. The molecule has 0 aromatic heterocycles. The van der Waals surface area contributed by atoms with Crippen LogP contribution in [0.4, 0.5) is 0 Å². The molecule has 1 fully saturated rings. The maximum Gasteiger partial charge on any atom is 0.242 e. The van der Waals surface area contributed by atoms with Crippen LogP contribution in [0.15, 0.2) is 29.2 Å². The number of hydrogen-bond donors (Lipinski definition) is 2. The number of carbonyl (C=O) groups is 2. The minimum Gasteiger partial charge on any atom is -0.350 e. The zero-order chi connectivity index (χ0) is 19.9. The van der Waals surface area contributed by atoms with Crippen LogP contribution in [0.2, 0.25) is 0 Å². The molecule has 0 aliphatic heterocycles. The Balaban J connectivity index is 1.72. The van der Waals surface area contributed by atoms with E-state index in [4.69, 9.17) is 0 Å². The fourth-order valence-corrected chi connectivity index (χ4v) is 4.06. The lowest BCUT2D eigenvalue weighted by atomic mass is 9.87. The SMILES string of the molecule is CN(C)S(=O)(=O)c1ccc(CNC(=O)CNC(=O)CC2CCCCC2)cc1. The summed E-state index contributed by atoms with van der Waals surface area (Å²) in [6.07, 6.45) is 6.32. The quantitative estimate of drug-likeness (QED) is 0.699. The lowest BCUT2D eigenvalue weighted by molar-refractivity contribution is -0.126. The van der Waals surface area contributed by atoms with Crippen LogP contribution in [0.3, 0.4) is 0 Å². The van der Waals surface area contributed by atoms with Gasteiger partial charge in [0.2, 0.25) is 21.8 Å². The molecule has 0 radical (unpaired) electrons. The predicted octanol–water partition coefficient (Wildman–Crippen LogP) is 1.64. The molecular weight excluding hydrogens is 366 g/mol. The first-order valence-corrected chi connectivity index (χ1v) is 10.8. The highest BCUT2D eigenvalue weighted by molar-refractivity contribution is 7.89. The van der Waals surface area contributed by atoms with Gasteiger partial charge in [0, 0.05) is 27.1 Å². The number of sulfonamides is 1. The number of nitrogens with zero attached hydrogens (tertiary/aromatic N) is 1. The topological polar surface area (TPSA) is 95.6 Å². The van der Waals surface area contributed by atoms with Gasteiger partial charge in [-0.1, -0.05) is 31.4 Å². The summed E-state index contributed by atoms with van der Waals surface area (Å²) in [5, 5.41) is 5.40. The van der Waals surface area contributed by atoms with E-state index < -0.39 is 10.0 Å². The molecule has 1 aromatic carbocycles. The van der Waals surface area contributed by atoms with Crippen molar-refractivity contribution in [3.8, 4) is 0 Å².